The molecule has 1 fully saturated rings. The summed E-state index contributed by atoms with van der Waals surface area (Å²) in [7, 11) is -3.54. The second-order valence-corrected chi connectivity index (χ2v) is 10.3. The number of rotatable bonds is 5. The molecule has 2 aromatic carbocycles. The molecule has 0 saturated carbocycles. The highest BCUT2D eigenvalue weighted by molar-refractivity contribution is 7.89. The normalized spacial score (nSPS) is 17.0. The molecule has 0 unspecified atom stereocenters. The van der Waals surface area contributed by atoms with Crippen LogP contribution in [0.3, 0.4) is 0 Å². The minimum Gasteiger partial charge on any atom is -0.324 e. The number of nitrogens with one attached hydrogen (secondary N) is 1. The van der Waals surface area contributed by atoms with E-state index in [4.69, 9.17) is 11.6 Å². The van der Waals surface area contributed by atoms with Gasteiger partial charge in [0.05, 0.1) is 4.90 Å². The summed E-state index contributed by atoms with van der Waals surface area (Å²) in [5.74, 6) is -0.494. The van der Waals surface area contributed by atoms with Gasteiger partial charge in [0.2, 0.25) is 21.8 Å². The van der Waals surface area contributed by atoms with Crippen molar-refractivity contribution in [2.24, 2.45) is 0 Å². The Morgan fingerprint density at radius 2 is 1.84 bits per heavy atom. The number of benzene rings is 2. The van der Waals surface area contributed by atoms with Crippen molar-refractivity contribution in [3.05, 3.63) is 52.5 Å². The number of nitrogens with zero attached hydrogens (tertiary/aromatic N) is 2. The fraction of sp³-hybridized carbons (Fsp3) is 0.364. The summed E-state index contributed by atoms with van der Waals surface area (Å²) in [6.45, 7) is 2.76. The summed E-state index contributed by atoms with van der Waals surface area (Å²) >= 11 is 5.96. The zero-order chi connectivity index (χ0) is 22.2. The highest BCUT2D eigenvalue weighted by Gasteiger charge is 2.31. The second-order valence-electron chi connectivity index (χ2n) is 7.89. The van der Waals surface area contributed by atoms with Crippen LogP contribution in [0.1, 0.15) is 30.4 Å². The topological polar surface area (TPSA) is 86.8 Å². The molecular formula is C22H24ClN3O4S. The SMILES string of the molecule is Cc1cc(Cl)ccc1NC(=O)CN1C(=O)CCc2cc(S(=O)(=O)N3CCCC3)ccc21. The molecule has 7 nitrogen and oxygen atoms in total. The van der Waals surface area contributed by atoms with E-state index in [1.54, 1.807) is 30.3 Å². The number of sulfonamides is 1. The van der Waals surface area contributed by atoms with Crippen LogP contribution < -0.4 is 10.2 Å². The predicted octanol–water partition coefficient (Wildman–Crippen LogP) is 3.35. The van der Waals surface area contributed by atoms with Gasteiger partial charge in [-0.3, -0.25) is 9.59 Å². The summed E-state index contributed by atoms with van der Waals surface area (Å²) in [4.78, 5) is 26.8. The van der Waals surface area contributed by atoms with Crippen LogP contribution in [-0.2, 0) is 26.0 Å². The lowest BCUT2D eigenvalue weighted by atomic mass is 10.0. The van der Waals surface area contributed by atoms with Gasteiger partial charge in [0.25, 0.3) is 0 Å². The molecule has 2 aromatic rings. The maximum absolute atomic E-state index is 12.9. The van der Waals surface area contributed by atoms with E-state index in [0.717, 1.165) is 24.0 Å². The van der Waals surface area contributed by atoms with Crippen molar-refractivity contribution in [3.8, 4) is 0 Å². The van der Waals surface area contributed by atoms with Gasteiger partial charge in [-0.15, -0.1) is 0 Å². The Labute approximate surface area is 187 Å². The van der Waals surface area contributed by atoms with Crippen molar-refractivity contribution in [2.45, 2.75) is 37.5 Å². The lowest BCUT2D eigenvalue weighted by Gasteiger charge is -2.29. The first-order chi connectivity index (χ1) is 14.8. The third-order valence-electron chi connectivity index (χ3n) is 5.72. The molecule has 1 saturated heterocycles. The molecule has 0 atom stereocenters. The zero-order valence-corrected chi connectivity index (χ0v) is 18.8. The number of carbonyl (C=O) groups is 2. The van der Waals surface area contributed by atoms with E-state index in [-0.39, 0.29) is 29.7 Å². The summed E-state index contributed by atoms with van der Waals surface area (Å²) in [5, 5.41) is 3.39. The Hall–Kier alpha value is -2.42. The van der Waals surface area contributed by atoms with Crippen molar-refractivity contribution >= 4 is 44.8 Å². The van der Waals surface area contributed by atoms with Crippen LogP contribution in [0.4, 0.5) is 11.4 Å². The van der Waals surface area contributed by atoms with Crippen LogP contribution in [0.2, 0.25) is 5.02 Å². The Kier molecular flexibility index (Phi) is 6.05. The van der Waals surface area contributed by atoms with Crippen molar-refractivity contribution in [2.75, 3.05) is 29.9 Å². The Balaban J connectivity index is 1.55. The van der Waals surface area contributed by atoms with Crippen molar-refractivity contribution in [1.29, 1.82) is 0 Å². The number of hydrogen-bond acceptors (Lipinski definition) is 4. The van der Waals surface area contributed by atoms with Crippen LogP contribution in [0.15, 0.2) is 41.3 Å². The Bertz CT molecular complexity index is 1140. The minimum absolute atomic E-state index is 0.147. The van der Waals surface area contributed by atoms with E-state index in [2.05, 4.69) is 5.32 Å². The predicted molar refractivity (Wildman–Crippen MR) is 120 cm³/mol. The zero-order valence-electron chi connectivity index (χ0n) is 17.2. The first-order valence-corrected chi connectivity index (χ1v) is 12.1. The Morgan fingerprint density at radius 1 is 1.10 bits per heavy atom. The van der Waals surface area contributed by atoms with Gasteiger partial charge in [-0.2, -0.15) is 4.31 Å². The fourth-order valence-electron chi connectivity index (χ4n) is 4.05. The number of aryl methyl sites for hydroxylation is 2. The largest absolute Gasteiger partial charge is 0.324 e. The van der Waals surface area contributed by atoms with Gasteiger partial charge in [-0.05, 0) is 73.7 Å². The first kappa shape index (κ1) is 21.8. The number of anilines is 2. The summed E-state index contributed by atoms with van der Waals surface area (Å²) < 4.78 is 27.3. The highest BCUT2D eigenvalue weighted by Crippen LogP contribution is 2.32. The minimum atomic E-state index is -3.54. The van der Waals surface area contributed by atoms with Gasteiger partial charge in [0, 0.05) is 35.9 Å². The van der Waals surface area contributed by atoms with Crippen molar-refractivity contribution in [1.82, 2.24) is 4.31 Å². The second kappa shape index (κ2) is 8.61. The van der Waals surface area contributed by atoms with Gasteiger partial charge in [0.1, 0.15) is 6.54 Å². The van der Waals surface area contributed by atoms with Crippen LogP contribution in [0.25, 0.3) is 0 Å². The molecule has 1 N–H and O–H groups in total. The molecule has 31 heavy (non-hydrogen) atoms. The first-order valence-electron chi connectivity index (χ1n) is 10.2. The number of halogens is 1. The number of amides is 2. The van der Waals surface area contributed by atoms with Crippen molar-refractivity contribution < 1.29 is 18.0 Å². The van der Waals surface area contributed by atoms with Gasteiger partial charge in [-0.25, -0.2) is 8.42 Å². The van der Waals surface area contributed by atoms with Crippen LogP contribution >= 0.6 is 11.6 Å². The molecule has 0 aliphatic carbocycles. The van der Waals surface area contributed by atoms with E-state index < -0.39 is 10.0 Å². The maximum Gasteiger partial charge on any atom is 0.244 e. The summed E-state index contributed by atoms with van der Waals surface area (Å²) in [6, 6.07) is 9.96. The van der Waals surface area contributed by atoms with Gasteiger partial charge < -0.3 is 10.2 Å². The molecule has 164 valence electrons. The third-order valence-corrected chi connectivity index (χ3v) is 7.85. The molecule has 0 spiro atoms. The summed E-state index contributed by atoms with van der Waals surface area (Å²) in [5.41, 5.74) is 2.80. The van der Waals surface area contributed by atoms with Gasteiger partial charge in [0.15, 0.2) is 0 Å². The molecule has 2 amide bonds. The van der Waals surface area contributed by atoms with Crippen molar-refractivity contribution in [3.63, 3.8) is 0 Å². The van der Waals surface area contributed by atoms with E-state index in [9.17, 15) is 18.0 Å². The number of fused-ring (bicyclic) bond motifs is 1. The van der Waals surface area contributed by atoms with Crippen LogP contribution in [0.5, 0.6) is 0 Å². The quantitative estimate of drug-likeness (QED) is 0.739. The number of carbonyl (C=O) groups excluding carboxylic acids is 2. The lowest BCUT2D eigenvalue weighted by Crippen LogP contribution is -2.41. The maximum atomic E-state index is 12.9. The molecule has 2 aliphatic heterocycles. The smallest absolute Gasteiger partial charge is 0.244 e. The van der Waals surface area contributed by atoms with E-state index in [1.807, 2.05) is 6.92 Å². The molecule has 0 radical (unpaired) electrons. The number of hydrogen-bond donors (Lipinski definition) is 1. The molecule has 0 bridgehead atoms. The molecule has 2 aliphatic rings. The van der Waals surface area contributed by atoms with Crippen LogP contribution in [0, 0.1) is 6.92 Å². The average molecular weight is 462 g/mol. The molecule has 0 aromatic heterocycles. The van der Waals surface area contributed by atoms with E-state index in [0.29, 0.717) is 35.9 Å². The van der Waals surface area contributed by atoms with Gasteiger partial charge >= 0.3 is 0 Å². The molecule has 9 heteroatoms. The molecule has 2 heterocycles. The highest BCUT2D eigenvalue weighted by atomic mass is 35.5. The van der Waals surface area contributed by atoms with E-state index >= 15 is 0 Å². The van der Waals surface area contributed by atoms with E-state index in [1.165, 1.54) is 15.3 Å². The Morgan fingerprint density at radius 3 is 2.55 bits per heavy atom. The third kappa shape index (κ3) is 4.46. The lowest BCUT2D eigenvalue weighted by molar-refractivity contribution is -0.121. The summed E-state index contributed by atoms with van der Waals surface area (Å²) in [6.07, 6.45) is 2.42. The van der Waals surface area contributed by atoms with Crippen LogP contribution in [-0.4, -0.2) is 44.2 Å². The average Bonchev–Trinajstić information content (AvgIpc) is 3.28. The molecule has 4 rings (SSSR count). The van der Waals surface area contributed by atoms with Gasteiger partial charge in [-0.1, -0.05) is 11.6 Å². The monoisotopic (exact) mass is 461 g/mol. The molecular weight excluding hydrogens is 438 g/mol. The fourth-order valence-corrected chi connectivity index (χ4v) is 5.84. The standard InChI is InChI=1S/C22H24ClN3O4S/c1-15-12-17(23)5-7-19(15)24-21(27)14-26-20-8-6-18(13-16(20)4-9-22(26)28)31(29,30)25-10-2-3-11-25/h5-8,12-13H,2-4,9-11,14H2,1H3,(H,24,27).